The molecule has 146 valence electrons. The van der Waals surface area contributed by atoms with Crippen molar-refractivity contribution in [3.63, 3.8) is 0 Å². The van der Waals surface area contributed by atoms with Crippen molar-refractivity contribution in [1.82, 2.24) is 4.98 Å². The predicted octanol–water partition coefficient (Wildman–Crippen LogP) is 4.20. The number of phenols is 1. The molecule has 9 heteroatoms. The Bertz CT molecular complexity index is 1020. The largest absolute Gasteiger partial charge is 0.506 e. The van der Waals surface area contributed by atoms with Gasteiger partial charge in [0.15, 0.2) is 5.82 Å². The van der Waals surface area contributed by atoms with Gasteiger partial charge in [-0.2, -0.15) is 8.42 Å². The van der Waals surface area contributed by atoms with Crippen molar-refractivity contribution >= 4 is 27.3 Å². The normalized spacial score (nSPS) is 11.0. The van der Waals surface area contributed by atoms with Gasteiger partial charge in [0.25, 0.3) is 10.1 Å². The van der Waals surface area contributed by atoms with Crippen LogP contribution in [0.15, 0.2) is 88.1 Å². The molecular weight excluding hydrogens is 380 g/mol. The van der Waals surface area contributed by atoms with E-state index in [9.17, 15) is 13.5 Å². The van der Waals surface area contributed by atoms with Gasteiger partial charge in [-0.3, -0.25) is 4.55 Å². The van der Waals surface area contributed by atoms with E-state index < -0.39 is 10.1 Å². The van der Waals surface area contributed by atoms with Crippen LogP contribution in [-0.4, -0.2) is 37.2 Å². The number of anilines is 1. The van der Waals surface area contributed by atoms with E-state index in [1.807, 2.05) is 37.2 Å². The summed E-state index contributed by atoms with van der Waals surface area (Å²) < 4.78 is 29.2. The summed E-state index contributed by atoms with van der Waals surface area (Å²) in [5, 5.41) is 17.7. The van der Waals surface area contributed by atoms with Crippen molar-refractivity contribution in [3.8, 4) is 5.75 Å². The van der Waals surface area contributed by atoms with Crippen molar-refractivity contribution in [2.24, 2.45) is 10.2 Å². The van der Waals surface area contributed by atoms with Crippen LogP contribution in [0.1, 0.15) is 0 Å². The van der Waals surface area contributed by atoms with Gasteiger partial charge < -0.3 is 10.0 Å². The molecule has 0 atom stereocenters. The molecule has 0 saturated carbocycles. The van der Waals surface area contributed by atoms with Crippen LogP contribution in [0.2, 0.25) is 0 Å². The van der Waals surface area contributed by atoms with E-state index in [2.05, 4.69) is 15.2 Å². The Morgan fingerprint density at radius 3 is 2.11 bits per heavy atom. The lowest BCUT2D eigenvalue weighted by Crippen LogP contribution is -2.07. The van der Waals surface area contributed by atoms with E-state index in [4.69, 9.17) is 4.55 Å². The van der Waals surface area contributed by atoms with Crippen LogP contribution in [0.4, 0.5) is 17.2 Å². The van der Waals surface area contributed by atoms with E-state index in [0.717, 1.165) is 5.69 Å². The van der Waals surface area contributed by atoms with Crippen molar-refractivity contribution in [2.75, 3.05) is 19.0 Å². The maximum absolute atomic E-state index is 10.4. The number of phenolic OH excluding ortho intramolecular Hbond substituents is 1. The average molecular weight is 400 g/mol. The molecule has 0 aliphatic carbocycles. The molecule has 1 heterocycles. The summed E-state index contributed by atoms with van der Waals surface area (Å²) in [5.74, 6) is 0.606. The number of hydrogen-bond donors (Lipinski definition) is 2. The summed E-state index contributed by atoms with van der Waals surface area (Å²) in [7, 11) is -0.190. The highest BCUT2D eigenvalue weighted by Crippen LogP contribution is 2.31. The third-order valence-corrected chi connectivity index (χ3v) is 4.29. The Hall–Kier alpha value is -3.30. The zero-order valence-corrected chi connectivity index (χ0v) is 16.2. The fraction of sp³-hybridized carbons (Fsp3) is 0.105. The molecule has 2 aromatic carbocycles. The third-order valence-electron chi connectivity index (χ3n) is 3.43. The van der Waals surface area contributed by atoms with Gasteiger partial charge in [-0.25, -0.2) is 4.98 Å². The zero-order chi connectivity index (χ0) is 20.6. The smallest absolute Gasteiger partial charge is 0.294 e. The molecule has 0 fully saturated rings. The number of rotatable bonds is 4. The molecule has 3 rings (SSSR count). The predicted molar refractivity (Wildman–Crippen MR) is 107 cm³/mol. The molecule has 0 spiro atoms. The molecule has 2 N–H and O–H groups in total. The lowest BCUT2D eigenvalue weighted by Gasteiger charge is -2.12. The number of hydrogen-bond acceptors (Lipinski definition) is 7. The second-order valence-corrected chi connectivity index (χ2v) is 7.17. The van der Waals surface area contributed by atoms with Gasteiger partial charge in [0, 0.05) is 32.0 Å². The number of nitrogens with zero attached hydrogens (tertiary/aromatic N) is 4. The van der Waals surface area contributed by atoms with Crippen LogP contribution in [-0.2, 0) is 10.1 Å². The second-order valence-electron chi connectivity index (χ2n) is 5.74. The Labute approximate surface area is 163 Å². The van der Waals surface area contributed by atoms with Gasteiger partial charge in [0.2, 0.25) is 0 Å². The van der Waals surface area contributed by atoms with Crippen LogP contribution in [0.3, 0.4) is 0 Å². The lowest BCUT2D eigenvalue weighted by atomic mass is 10.2. The molecule has 8 nitrogen and oxygen atoms in total. The second kappa shape index (κ2) is 9.58. The summed E-state index contributed by atoms with van der Waals surface area (Å²) >= 11 is 0. The first kappa shape index (κ1) is 21.0. The number of aromatic hydroxyl groups is 1. The minimum absolute atomic E-state index is 0.0741. The SMILES string of the molecule is CN(C)c1ccc(N=Nc2ccccn2)c(O)c1.O=S(=O)(O)c1ccccc1. The molecule has 28 heavy (non-hydrogen) atoms. The van der Waals surface area contributed by atoms with Crippen molar-refractivity contribution in [1.29, 1.82) is 0 Å². The van der Waals surface area contributed by atoms with E-state index in [0.29, 0.717) is 11.5 Å². The van der Waals surface area contributed by atoms with Crippen molar-refractivity contribution in [2.45, 2.75) is 4.90 Å². The first-order valence-corrected chi connectivity index (χ1v) is 9.57. The molecular formula is C19H20N4O4S. The van der Waals surface area contributed by atoms with E-state index in [-0.39, 0.29) is 10.6 Å². The minimum atomic E-state index is -4.00. The zero-order valence-electron chi connectivity index (χ0n) is 15.3. The lowest BCUT2D eigenvalue weighted by molar-refractivity contribution is 0.476. The summed E-state index contributed by atoms with van der Waals surface area (Å²) in [6.45, 7) is 0. The maximum Gasteiger partial charge on any atom is 0.294 e. The minimum Gasteiger partial charge on any atom is -0.506 e. The van der Waals surface area contributed by atoms with Crippen LogP contribution >= 0.6 is 0 Å². The van der Waals surface area contributed by atoms with Gasteiger partial charge in [0.05, 0.1) is 4.90 Å². The number of benzene rings is 2. The third kappa shape index (κ3) is 6.45. The number of azo groups is 1. The highest BCUT2D eigenvalue weighted by molar-refractivity contribution is 7.85. The summed E-state index contributed by atoms with van der Waals surface area (Å²) in [5.41, 5.74) is 1.33. The molecule has 0 aliphatic rings. The topological polar surface area (TPSA) is 115 Å². The number of aromatic nitrogens is 1. The van der Waals surface area contributed by atoms with Gasteiger partial charge in [-0.15, -0.1) is 10.2 Å². The summed E-state index contributed by atoms with van der Waals surface area (Å²) in [6.07, 6.45) is 1.64. The first-order chi connectivity index (χ1) is 13.3. The summed E-state index contributed by atoms with van der Waals surface area (Å²) in [6, 6.07) is 18.0. The molecule has 0 unspecified atom stereocenters. The highest BCUT2D eigenvalue weighted by Gasteiger charge is 2.06. The van der Waals surface area contributed by atoms with Crippen LogP contribution in [0.5, 0.6) is 5.75 Å². The van der Waals surface area contributed by atoms with E-state index in [1.54, 1.807) is 42.6 Å². The Kier molecular flexibility index (Phi) is 7.19. The molecule has 3 aromatic rings. The highest BCUT2D eigenvalue weighted by atomic mass is 32.2. The number of pyridine rings is 1. The van der Waals surface area contributed by atoms with Crippen molar-refractivity contribution < 1.29 is 18.1 Å². The average Bonchev–Trinajstić information content (AvgIpc) is 2.68. The van der Waals surface area contributed by atoms with Crippen LogP contribution in [0.25, 0.3) is 0 Å². The molecule has 0 amide bonds. The Morgan fingerprint density at radius 2 is 1.61 bits per heavy atom. The van der Waals surface area contributed by atoms with Crippen LogP contribution in [0, 0.1) is 0 Å². The maximum atomic E-state index is 10.4. The monoisotopic (exact) mass is 400 g/mol. The molecule has 0 aliphatic heterocycles. The molecule has 1 aromatic heterocycles. The quantitative estimate of drug-likeness (QED) is 0.501. The van der Waals surface area contributed by atoms with Gasteiger partial charge in [-0.1, -0.05) is 24.3 Å². The van der Waals surface area contributed by atoms with E-state index in [1.165, 1.54) is 12.1 Å². The Balaban J connectivity index is 0.000000237. The van der Waals surface area contributed by atoms with Gasteiger partial charge in [-0.05, 0) is 36.4 Å². The van der Waals surface area contributed by atoms with Crippen LogP contribution < -0.4 is 4.90 Å². The van der Waals surface area contributed by atoms with Gasteiger partial charge >= 0.3 is 0 Å². The molecule has 0 bridgehead atoms. The van der Waals surface area contributed by atoms with Crippen molar-refractivity contribution in [3.05, 3.63) is 72.9 Å². The Morgan fingerprint density at radius 1 is 0.929 bits per heavy atom. The van der Waals surface area contributed by atoms with E-state index >= 15 is 0 Å². The first-order valence-electron chi connectivity index (χ1n) is 8.13. The molecule has 0 saturated heterocycles. The molecule has 0 radical (unpaired) electrons. The standard InChI is InChI=1S/C13H14N4O.C6H6O3S/c1-17(2)10-6-7-11(12(18)9-10)15-16-13-5-3-4-8-14-13;7-10(8,9)6-4-2-1-3-5-6/h3-9,18H,1-2H3;1-5H,(H,7,8,9). The fourth-order valence-electron chi connectivity index (χ4n) is 1.99. The summed E-state index contributed by atoms with van der Waals surface area (Å²) in [4.78, 5) is 5.85. The van der Waals surface area contributed by atoms with Gasteiger partial charge in [0.1, 0.15) is 11.4 Å². The fourth-order valence-corrected chi connectivity index (χ4v) is 2.49.